The molecule has 0 radical (unpaired) electrons. The molecule has 1 heterocycles. The zero-order valence-electron chi connectivity index (χ0n) is 16.2. The van der Waals surface area contributed by atoms with E-state index in [-0.39, 0.29) is 28.0 Å². The lowest BCUT2D eigenvalue weighted by molar-refractivity contribution is -0.124. The van der Waals surface area contributed by atoms with Crippen molar-refractivity contribution in [1.29, 1.82) is 0 Å². The molecular weight excluding hydrogens is 443 g/mol. The second-order valence-electron chi connectivity index (χ2n) is 6.43. The number of carbonyl (C=O) groups is 3. The van der Waals surface area contributed by atoms with Crippen LogP contribution in [0.4, 0.5) is 10.1 Å². The van der Waals surface area contributed by atoms with Crippen LogP contribution < -0.4 is 10.6 Å². The van der Waals surface area contributed by atoms with Crippen LogP contribution in [0.25, 0.3) is 0 Å². The molecule has 31 heavy (non-hydrogen) atoms. The first-order valence-corrected chi connectivity index (χ1v) is 10.5. The van der Waals surface area contributed by atoms with Gasteiger partial charge in [-0.2, -0.15) is 0 Å². The summed E-state index contributed by atoms with van der Waals surface area (Å²) in [7, 11) is 0. The minimum atomic E-state index is -0.725. The molecule has 3 rings (SSSR count). The number of ether oxygens (including phenoxy) is 1. The molecule has 0 aliphatic carbocycles. The molecule has 0 spiro atoms. The summed E-state index contributed by atoms with van der Waals surface area (Å²) in [6.45, 7) is -0.135. The summed E-state index contributed by atoms with van der Waals surface area (Å²) in [6, 6.07) is 13.7. The number of carbonyl (C=O) groups excluding carboxylic acids is 3. The summed E-state index contributed by atoms with van der Waals surface area (Å²) in [5, 5.41) is 7.31. The first kappa shape index (κ1) is 22.5. The average molecular weight is 461 g/mol. The van der Waals surface area contributed by atoms with Crippen LogP contribution >= 0.6 is 22.9 Å². The monoisotopic (exact) mass is 460 g/mol. The van der Waals surface area contributed by atoms with Gasteiger partial charge >= 0.3 is 5.97 Å². The van der Waals surface area contributed by atoms with E-state index in [1.54, 1.807) is 29.6 Å². The maximum absolute atomic E-state index is 12.9. The Balaban J connectivity index is 1.48. The van der Waals surface area contributed by atoms with E-state index in [1.807, 2.05) is 0 Å². The van der Waals surface area contributed by atoms with Crippen LogP contribution in [0.15, 0.2) is 60.0 Å². The molecule has 2 N–H and O–H groups in total. The molecule has 2 aromatic carbocycles. The highest BCUT2D eigenvalue weighted by Gasteiger charge is 2.15. The van der Waals surface area contributed by atoms with Crippen molar-refractivity contribution in [3.63, 3.8) is 0 Å². The number of amides is 2. The number of hydrogen-bond acceptors (Lipinski definition) is 5. The summed E-state index contributed by atoms with van der Waals surface area (Å²) in [5.41, 5.74) is 1.28. The Labute approximate surface area is 187 Å². The van der Waals surface area contributed by atoms with Crippen LogP contribution in [0.5, 0.6) is 0 Å². The summed E-state index contributed by atoms with van der Waals surface area (Å²) in [4.78, 5) is 36.9. The summed E-state index contributed by atoms with van der Waals surface area (Å²) < 4.78 is 17.9. The van der Waals surface area contributed by atoms with Gasteiger partial charge in [0.1, 0.15) is 5.82 Å². The highest BCUT2D eigenvalue weighted by molar-refractivity contribution is 7.12. The largest absolute Gasteiger partial charge is 0.452 e. The van der Waals surface area contributed by atoms with Crippen molar-refractivity contribution in [2.45, 2.75) is 6.42 Å². The molecule has 0 aliphatic heterocycles. The van der Waals surface area contributed by atoms with E-state index in [4.69, 9.17) is 16.3 Å². The molecule has 1 aromatic heterocycles. The van der Waals surface area contributed by atoms with E-state index in [2.05, 4.69) is 10.6 Å². The van der Waals surface area contributed by atoms with Crippen LogP contribution in [0, 0.1) is 5.82 Å². The molecule has 9 heteroatoms. The first-order chi connectivity index (χ1) is 14.9. The fraction of sp³-hybridized carbons (Fsp3) is 0.136. The smallest absolute Gasteiger partial charge is 0.338 e. The SMILES string of the molecule is O=C(COC(=O)c1ccc(Cl)c(NC(=O)c2cccs2)c1)NCCc1ccc(F)cc1. The van der Waals surface area contributed by atoms with E-state index in [9.17, 15) is 18.8 Å². The van der Waals surface area contributed by atoms with Crippen molar-refractivity contribution in [3.05, 3.63) is 86.8 Å². The van der Waals surface area contributed by atoms with Crippen LogP contribution in [0.1, 0.15) is 25.6 Å². The highest BCUT2D eigenvalue weighted by atomic mass is 35.5. The Morgan fingerprint density at radius 1 is 1.06 bits per heavy atom. The van der Waals surface area contributed by atoms with Gasteiger partial charge in [0.2, 0.25) is 0 Å². The van der Waals surface area contributed by atoms with Gasteiger partial charge < -0.3 is 15.4 Å². The fourth-order valence-electron chi connectivity index (χ4n) is 2.60. The Morgan fingerprint density at radius 2 is 1.84 bits per heavy atom. The molecule has 0 fully saturated rings. The van der Waals surface area contributed by atoms with Gasteiger partial charge in [-0.15, -0.1) is 11.3 Å². The van der Waals surface area contributed by atoms with Gasteiger partial charge in [0.25, 0.3) is 11.8 Å². The number of hydrogen-bond donors (Lipinski definition) is 2. The van der Waals surface area contributed by atoms with E-state index in [0.717, 1.165) is 5.56 Å². The van der Waals surface area contributed by atoms with Crippen molar-refractivity contribution in [1.82, 2.24) is 5.32 Å². The van der Waals surface area contributed by atoms with Gasteiger partial charge in [0.05, 0.1) is 21.2 Å². The van der Waals surface area contributed by atoms with E-state index >= 15 is 0 Å². The molecule has 0 bridgehead atoms. The van der Waals surface area contributed by atoms with Crippen molar-refractivity contribution in [3.8, 4) is 0 Å². The number of benzene rings is 2. The van der Waals surface area contributed by atoms with E-state index < -0.39 is 18.5 Å². The van der Waals surface area contributed by atoms with Crippen LogP contribution in [-0.4, -0.2) is 30.9 Å². The number of nitrogens with one attached hydrogen (secondary N) is 2. The normalized spacial score (nSPS) is 10.4. The Bertz CT molecular complexity index is 1070. The molecule has 160 valence electrons. The summed E-state index contributed by atoms with van der Waals surface area (Å²) >= 11 is 7.38. The summed E-state index contributed by atoms with van der Waals surface area (Å²) in [6.07, 6.45) is 0.518. The molecule has 2 amide bonds. The van der Waals surface area contributed by atoms with Gasteiger partial charge in [-0.05, 0) is 53.8 Å². The third-order valence-electron chi connectivity index (χ3n) is 4.18. The lowest BCUT2D eigenvalue weighted by Crippen LogP contribution is -2.30. The van der Waals surface area contributed by atoms with Crippen LogP contribution in [-0.2, 0) is 16.0 Å². The quantitative estimate of drug-likeness (QED) is 0.491. The maximum atomic E-state index is 12.9. The lowest BCUT2D eigenvalue weighted by atomic mass is 10.1. The predicted molar refractivity (Wildman–Crippen MR) is 117 cm³/mol. The molecule has 3 aromatic rings. The van der Waals surface area contributed by atoms with Gasteiger partial charge in [-0.25, -0.2) is 9.18 Å². The lowest BCUT2D eigenvalue weighted by Gasteiger charge is -2.10. The van der Waals surface area contributed by atoms with Crippen LogP contribution in [0.3, 0.4) is 0 Å². The summed E-state index contributed by atoms with van der Waals surface area (Å²) in [5.74, 6) is -1.85. The third kappa shape index (κ3) is 6.63. The number of halogens is 2. The molecule has 0 atom stereocenters. The standard InChI is InChI=1S/C22H18ClFN2O4S/c23-17-8-5-15(12-18(17)26-21(28)19-2-1-11-31-19)22(29)30-13-20(27)25-10-9-14-3-6-16(24)7-4-14/h1-8,11-12H,9-10,13H2,(H,25,27)(H,26,28). The van der Waals surface area contributed by atoms with Gasteiger partial charge in [-0.3, -0.25) is 9.59 Å². The van der Waals surface area contributed by atoms with Crippen molar-refractivity contribution < 1.29 is 23.5 Å². The third-order valence-corrected chi connectivity index (χ3v) is 5.38. The first-order valence-electron chi connectivity index (χ1n) is 9.25. The molecule has 0 saturated heterocycles. The van der Waals surface area contributed by atoms with E-state index in [1.165, 1.54) is 41.7 Å². The van der Waals surface area contributed by atoms with Crippen molar-refractivity contribution in [2.24, 2.45) is 0 Å². The fourth-order valence-corrected chi connectivity index (χ4v) is 3.39. The number of rotatable bonds is 8. The average Bonchev–Trinajstić information content (AvgIpc) is 3.30. The Hall–Kier alpha value is -3.23. The molecule has 0 aliphatic rings. The number of esters is 1. The molecule has 6 nitrogen and oxygen atoms in total. The zero-order valence-corrected chi connectivity index (χ0v) is 17.8. The van der Waals surface area contributed by atoms with Gasteiger partial charge in [-0.1, -0.05) is 29.8 Å². The van der Waals surface area contributed by atoms with Gasteiger partial charge in [0.15, 0.2) is 6.61 Å². The molecule has 0 saturated carbocycles. The number of thiophene rings is 1. The minimum Gasteiger partial charge on any atom is -0.452 e. The highest BCUT2D eigenvalue weighted by Crippen LogP contribution is 2.24. The zero-order chi connectivity index (χ0) is 22.2. The minimum absolute atomic E-state index is 0.144. The number of anilines is 1. The second-order valence-corrected chi connectivity index (χ2v) is 7.78. The molecular formula is C22H18ClFN2O4S. The second kappa shape index (κ2) is 10.7. The topological polar surface area (TPSA) is 84.5 Å². The Kier molecular flexibility index (Phi) is 7.75. The maximum Gasteiger partial charge on any atom is 0.338 e. The molecule has 0 unspecified atom stereocenters. The van der Waals surface area contributed by atoms with Crippen LogP contribution in [0.2, 0.25) is 5.02 Å². The van der Waals surface area contributed by atoms with Gasteiger partial charge in [0, 0.05) is 6.54 Å². The van der Waals surface area contributed by atoms with E-state index in [0.29, 0.717) is 17.8 Å². The van der Waals surface area contributed by atoms with Crippen molar-refractivity contribution in [2.75, 3.05) is 18.5 Å². The van der Waals surface area contributed by atoms with Crippen molar-refractivity contribution >= 4 is 46.4 Å². The predicted octanol–water partition coefficient (Wildman–Crippen LogP) is 4.31. The Morgan fingerprint density at radius 3 is 2.55 bits per heavy atom.